The fraction of sp³-hybridized carbons (Fsp3) is 0.160. The van der Waals surface area contributed by atoms with Crippen molar-refractivity contribution in [2.75, 3.05) is 10.6 Å². The van der Waals surface area contributed by atoms with E-state index in [0.29, 0.717) is 29.1 Å². The normalized spacial score (nSPS) is 10.5. The summed E-state index contributed by atoms with van der Waals surface area (Å²) in [6, 6.07) is 19.3. The quantitative estimate of drug-likeness (QED) is 0.391. The minimum atomic E-state index is -0.0458. The molecule has 2 N–H and O–H groups in total. The van der Waals surface area contributed by atoms with E-state index in [1.807, 2.05) is 68.4 Å². The van der Waals surface area contributed by atoms with Crippen LogP contribution in [0.25, 0.3) is 5.52 Å². The maximum absolute atomic E-state index is 12.1. The molecule has 1 amide bonds. The van der Waals surface area contributed by atoms with E-state index < -0.39 is 0 Å². The predicted octanol–water partition coefficient (Wildman–Crippen LogP) is 5.79. The lowest BCUT2D eigenvalue weighted by Gasteiger charge is -2.12. The Labute approximate surface area is 186 Å². The van der Waals surface area contributed by atoms with E-state index >= 15 is 0 Å². The topological polar surface area (TPSA) is 91.5 Å². The highest BCUT2D eigenvalue weighted by Crippen LogP contribution is 2.33. The number of anilines is 3. The van der Waals surface area contributed by atoms with Gasteiger partial charge in [-0.1, -0.05) is 25.1 Å². The van der Waals surface area contributed by atoms with Crippen LogP contribution in [0.3, 0.4) is 0 Å². The van der Waals surface area contributed by atoms with Gasteiger partial charge in [-0.05, 0) is 49.7 Å². The highest BCUT2D eigenvalue weighted by Gasteiger charge is 2.17. The maximum atomic E-state index is 12.1. The number of nitrogens with zero attached hydrogens (tertiary/aromatic N) is 3. The number of rotatable bonds is 7. The molecule has 0 aliphatic carbocycles. The Morgan fingerprint density at radius 2 is 1.84 bits per heavy atom. The summed E-state index contributed by atoms with van der Waals surface area (Å²) in [6.07, 6.45) is 4.50. The SMILES string of the molecule is CCCC(=O)Nc1cn2ncc(C#N)c(Nc3ccc(Oc4ccccc4)cc3)c2c1C. The molecule has 0 unspecified atom stereocenters. The predicted molar refractivity (Wildman–Crippen MR) is 124 cm³/mol. The monoisotopic (exact) mass is 425 g/mol. The third-order valence-electron chi connectivity index (χ3n) is 5.03. The van der Waals surface area contributed by atoms with Gasteiger partial charge in [-0.3, -0.25) is 4.79 Å². The zero-order chi connectivity index (χ0) is 22.5. The Bertz CT molecular complexity index is 1290. The number of aryl methyl sites for hydroxylation is 1. The second-order valence-corrected chi connectivity index (χ2v) is 7.37. The molecule has 7 heteroatoms. The van der Waals surface area contributed by atoms with Gasteiger partial charge in [-0.25, -0.2) is 4.52 Å². The average molecular weight is 425 g/mol. The first-order chi connectivity index (χ1) is 15.6. The Morgan fingerprint density at radius 1 is 1.12 bits per heavy atom. The molecule has 0 aliphatic heterocycles. The standard InChI is InChI=1S/C25H23N5O2/c1-3-7-23(31)29-22-16-30-25(17(22)2)24(18(14-26)15-27-30)28-19-10-12-21(13-11-19)32-20-8-5-4-6-9-20/h4-6,8-13,15-16,28H,3,7H2,1-2H3,(H,29,31). The molecule has 2 aromatic heterocycles. The molecule has 0 spiro atoms. The van der Waals surface area contributed by atoms with Crippen molar-refractivity contribution in [1.82, 2.24) is 9.61 Å². The zero-order valence-corrected chi connectivity index (χ0v) is 17.9. The summed E-state index contributed by atoms with van der Waals surface area (Å²) in [6.45, 7) is 3.86. The first-order valence-corrected chi connectivity index (χ1v) is 10.4. The van der Waals surface area contributed by atoms with Crippen LogP contribution in [0, 0.1) is 18.3 Å². The fourth-order valence-corrected chi connectivity index (χ4v) is 3.44. The second-order valence-electron chi connectivity index (χ2n) is 7.37. The van der Waals surface area contributed by atoms with Crippen molar-refractivity contribution in [3.63, 3.8) is 0 Å². The van der Waals surface area contributed by atoms with Crippen molar-refractivity contribution >= 4 is 28.5 Å². The number of para-hydroxylation sites is 1. The Kier molecular flexibility index (Phi) is 6.04. The van der Waals surface area contributed by atoms with E-state index in [0.717, 1.165) is 28.9 Å². The van der Waals surface area contributed by atoms with Crippen molar-refractivity contribution in [2.24, 2.45) is 0 Å². The van der Waals surface area contributed by atoms with Crippen LogP contribution in [0.1, 0.15) is 30.9 Å². The first-order valence-electron chi connectivity index (χ1n) is 10.4. The van der Waals surface area contributed by atoms with Crippen molar-refractivity contribution in [1.29, 1.82) is 5.26 Å². The molecular formula is C25H23N5O2. The van der Waals surface area contributed by atoms with E-state index in [9.17, 15) is 10.1 Å². The molecule has 2 heterocycles. The van der Waals surface area contributed by atoms with Crippen LogP contribution in [-0.4, -0.2) is 15.5 Å². The summed E-state index contributed by atoms with van der Waals surface area (Å²) in [4.78, 5) is 12.1. The van der Waals surface area contributed by atoms with Crippen molar-refractivity contribution in [3.8, 4) is 17.6 Å². The molecule has 4 rings (SSSR count). The van der Waals surface area contributed by atoms with Gasteiger partial charge in [0.25, 0.3) is 0 Å². The summed E-state index contributed by atoms with van der Waals surface area (Å²) in [5.74, 6) is 1.43. The van der Waals surface area contributed by atoms with Crippen LogP contribution >= 0.6 is 0 Å². The van der Waals surface area contributed by atoms with E-state index in [1.54, 1.807) is 10.7 Å². The first kappa shape index (κ1) is 20.9. The number of hydrogen-bond donors (Lipinski definition) is 2. The lowest BCUT2D eigenvalue weighted by atomic mass is 10.1. The molecule has 0 radical (unpaired) electrons. The minimum Gasteiger partial charge on any atom is -0.457 e. The number of carbonyl (C=O) groups excluding carboxylic acids is 1. The van der Waals surface area contributed by atoms with Crippen LogP contribution in [0.5, 0.6) is 11.5 Å². The smallest absolute Gasteiger partial charge is 0.224 e. The van der Waals surface area contributed by atoms with Crippen LogP contribution < -0.4 is 15.4 Å². The number of nitrogens with one attached hydrogen (secondary N) is 2. The molecule has 0 bridgehead atoms. The number of carbonyl (C=O) groups is 1. The summed E-state index contributed by atoms with van der Waals surface area (Å²) in [5.41, 5.74) is 4.10. The number of fused-ring (bicyclic) bond motifs is 1. The van der Waals surface area contributed by atoms with E-state index in [1.165, 1.54) is 6.20 Å². The van der Waals surface area contributed by atoms with Crippen molar-refractivity contribution in [3.05, 3.63) is 78.1 Å². The summed E-state index contributed by atoms with van der Waals surface area (Å²) in [5, 5.41) is 20.3. The Morgan fingerprint density at radius 3 is 2.53 bits per heavy atom. The van der Waals surface area contributed by atoms with Crippen molar-refractivity contribution in [2.45, 2.75) is 26.7 Å². The van der Waals surface area contributed by atoms with Gasteiger partial charge in [0, 0.05) is 17.7 Å². The second kappa shape index (κ2) is 9.23. The van der Waals surface area contributed by atoms with Crippen molar-refractivity contribution < 1.29 is 9.53 Å². The van der Waals surface area contributed by atoms with Gasteiger partial charge in [0.05, 0.1) is 34.8 Å². The molecule has 32 heavy (non-hydrogen) atoms. The molecular weight excluding hydrogens is 402 g/mol. The lowest BCUT2D eigenvalue weighted by molar-refractivity contribution is -0.116. The molecule has 0 fully saturated rings. The maximum Gasteiger partial charge on any atom is 0.224 e. The number of aromatic nitrogens is 2. The number of ether oxygens (including phenoxy) is 1. The number of amides is 1. The Hall–Kier alpha value is -4.31. The number of nitriles is 1. The molecule has 0 aliphatic rings. The molecule has 7 nitrogen and oxygen atoms in total. The van der Waals surface area contributed by atoms with Gasteiger partial charge in [0.1, 0.15) is 17.6 Å². The van der Waals surface area contributed by atoms with Crippen LogP contribution in [-0.2, 0) is 4.79 Å². The van der Waals surface area contributed by atoms with E-state index in [4.69, 9.17) is 4.74 Å². The minimum absolute atomic E-state index is 0.0458. The molecule has 4 aromatic rings. The summed E-state index contributed by atoms with van der Waals surface area (Å²) in [7, 11) is 0. The largest absolute Gasteiger partial charge is 0.457 e. The van der Waals surface area contributed by atoms with Gasteiger partial charge in [0.15, 0.2) is 0 Å². The molecule has 0 atom stereocenters. The molecule has 0 saturated carbocycles. The van der Waals surface area contributed by atoms with Gasteiger partial charge in [-0.2, -0.15) is 10.4 Å². The highest BCUT2D eigenvalue weighted by molar-refractivity contribution is 5.95. The molecule has 160 valence electrons. The van der Waals surface area contributed by atoms with E-state index in [2.05, 4.69) is 21.8 Å². The summed E-state index contributed by atoms with van der Waals surface area (Å²) >= 11 is 0. The highest BCUT2D eigenvalue weighted by atomic mass is 16.5. The van der Waals surface area contributed by atoms with E-state index in [-0.39, 0.29) is 5.91 Å². The average Bonchev–Trinajstić information content (AvgIpc) is 3.11. The summed E-state index contributed by atoms with van der Waals surface area (Å²) < 4.78 is 7.52. The third kappa shape index (κ3) is 4.40. The Balaban J connectivity index is 1.63. The molecule has 0 saturated heterocycles. The fourth-order valence-electron chi connectivity index (χ4n) is 3.44. The van der Waals surface area contributed by atoms with Crippen LogP contribution in [0.4, 0.5) is 17.1 Å². The van der Waals surface area contributed by atoms with Crippen LogP contribution in [0.15, 0.2) is 67.0 Å². The van der Waals surface area contributed by atoms with Gasteiger partial charge < -0.3 is 15.4 Å². The third-order valence-corrected chi connectivity index (χ3v) is 5.03. The van der Waals surface area contributed by atoms with Crippen LogP contribution in [0.2, 0.25) is 0 Å². The lowest BCUT2D eigenvalue weighted by Crippen LogP contribution is -2.10. The van der Waals surface area contributed by atoms with Gasteiger partial charge in [0.2, 0.25) is 5.91 Å². The molecule has 2 aromatic carbocycles. The van der Waals surface area contributed by atoms with Gasteiger partial charge in [-0.15, -0.1) is 0 Å². The number of hydrogen-bond acceptors (Lipinski definition) is 5. The van der Waals surface area contributed by atoms with Gasteiger partial charge >= 0.3 is 0 Å². The number of benzene rings is 2. The zero-order valence-electron chi connectivity index (χ0n) is 17.9.